The zero-order valence-electron chi connectivity index (χ0n) is 8.98. The molecule has 1 heterocycles. The molecule has 14 heavy (non-hydrogen) atoms. The van der Waals surface area contributed by atoms with Crippen LogP contribution in [0, 0.1) is 5.92 Å². The van der Waals surface area contributed by atoms with E-state index in [0.717, 1.165) is 32.6 Å². The van der Waals surface area contributed by atoms with Gasteiger partial charge in [-0.3, -0.25) is 0 Å². The molecule has 3 nitrogen and oxygen atoms in total. The molecule has 3 atom stereocenters. The summed E-state index contributed by atoms with van der Waals surface area (Å²) in [6, 6.07) is 0.399. The van der Waals surface area contributed by atoms with E-state index in [9.17, 15) is 5.11 Å². The molecule has 2 aliphatic rings. The number of hydrogen-bond donors (Lipinski definition) is 1. The smallest absolute Gasteiger partial charge is 0.0695 e. The summed E-state index contributed by atoms with van der Waals surface area (Å²) < 4.78 is 5.36. The molecular weight excluding hydrogens is 178 g/mol. The minimum atomic E-state index is -0.0951. The lowest BCUT2D eigenvalue weighted by atomic mass is 10.1. The molecule has 82 valence electrons. The number of hydrogen-bond acceptors (Lipinski definition) is 3. The molecule has 2 rings (SSSR count). The first kappa shape index (κ1) is 10.4. The molecular formula is C11H21NO2. The topological polar surface area (TPSA) is 32.7 Å². The highest BCUT2D eigenvalue weighted by atomic mass is 16.5. The van der Waals surface area contributed by atoms with E-state index in [0.29, 0.717) is 12.0 Å². The lowest BCUT2D eigenvalue weighted by Gasteiger charge is -2.28. The van der Waals surface area contributed by atoms with E-state index in [1.807, 2.05) is 0 Å². The largest absolute Gasteiger partial charge is 0.391 e. The van der Waals surface area contributed by atoms with Crippen molar-refractivity contribution in [1.82, 2.24) is 4.90 Å². The van der Waals surface area contributed by atoms with Gasteiger partial charge in [0, 0.05) is 19.2 Å². The number of nitrogens with zero attached hydrogens (tertiary/aromatic N) is 1. The van der Waals surface area contributed by atoms with Crippen molar-refractivity contribution in [2.45, 2.75) is 37.8 Å². The molecule has 0 bridgehead atoms. The van der Waals surface area contributed by atoms with Crippen LogP contribution < -0.4 is 0 Å². The Morgan fingerprint density at radius 2 is 2.21 bits per heavy atom. The van der Waals surface area contributed by atoms with Crippen LogP contribution >= 0.6 is 0 Å². The highest BCUT2D eigenvalue weighted by Crippen LogP contribution is 2.25. The Balaban J connectivity index is 1.78. The average Bonchev–Trinajstić information content (AvgIpc) is 2.75. The van der Waals surface area contributed by atoms with Gasteiger partial charge < -0.3 is 14.7 Å². The van der Waals surface area contributed by atoms with Gasteiger partial charge in [0.05, 0.1) is 12.7 Å². The zero-order valence-corrected chi connectivity index (χ0v) is 8.98. The van der Waals surface area contributed by atoms with E-state index in [1.54, 1.807) is 0 Å². The van der Waals surface area contributed by atoms with Gasteiger partial charge in [-0.1, -0.05) is 0 Å². The van der Waals surface area contributed by atoms with Crippen LogP contribution in [0.5, 0.6) is 0 Å². The van der Waals surface area contributed by atoms with Crippen LogP contribution in [0.15, 0.2) is 0 Å². The van der Waals surface area contributed by atoms with Gasteiger partial charge in [0.1, 0.15) is 0 Å². The number of likely N-dealkylation sites (N-methyl/N-ethyl adjacent to an activating group) is 1. The Kier molecular flexibility index (Phi) is 3.42. The van der Waals surface area contributed by atoms with Gasteiger partial charge in [0.15, 0.2) is 0 Å². The van der Waals surface area contributed by atoms with Crippen molar-refractivity contribution in [2.24, 2.45) is 5.92 Å². The van der Waals surface area contributed by atoms with Crippen LogP contribution in [0.25, 0.3) is 0 Å². The Hall–Kier alpha value is -0.120. The monoisotopic (exact) mass is 199 g/mol. The molecule has 0 aromatic rings. The quantitative estimate of drug-likeness (QED) is 0.732. The molecule has 1 aliphatic heterocycles. The van der Waals surface area contributed by atoms with E-state index in [1.165, 1.54) is 12.8 Å². The Labute approximate surface area is 86.0 Å². The van der Waals surface area contributed by atoms with Crippen molar-refractivity contribution in [3.05, 3.63) is 0 Å². The highest BCUT2D eigenvalue weighted by Gasteiger charge is 2.30. The Morgan fingerprint density at radius 3 is 2.79 bits per heavy atom. The molecule has 0 aromatic carbocycles. The predicted octanol–water partition coefficient (Wildman–Crippen LogP) is 0.868. The third-order valence-electron chi connectivity index (χ3n) is 3.58. The van der Waals surface area contributed by atoms with Gasteiger partial charge >= 0.3 is 0 Å². The zero-order chi connectivity index (χ0) is 9.97. The minimum Gasteiger partial charge on any atom is -0.391 e. The van der Waals surface area contributed by atoms with Crippen LogP contribution in [0.2, 0.25) is 0 Å². The standard InChI is InChI=1S/C11H21NO2/c1-12(7-9-5-6-14-8-9)10-3-2-4-11(10)13/h9-11,13H,2-8H2,1H3. The van der Waals surface area contributed by atoms with Crippen LogP contribution in [0.4, 0.5) is 0 Å². The second kappa shape index (κ2) is 4.60. The van der Waals surface area contributed by atoms with E-state index < -0.39 is 0 Å². The number of rotatable bonds is 3. The van der Waals surface area contributed by atoms with Crippen LogP contribution in [-0.4, -0.2) is 49.0 Å². The number of aliphatic hydroxyl groups excluding tert-OH is 1. The van der Waals surface area contributed by atoms with Crippen LogP contribution in [-0.2, 0) is 4.74 Å². The lowest BCUT2D eigenvalue weighted by molar-refractivity contribution is 0.0747. The fourth-order valence-electron chi connectivity index (χ4n) is 2.71. The van der Waals surface area contributed by atoms with Gasteiger partial charge in [-0.2, -0.15) is 0 Å². The SMILES string of the molecule is CN(CC1CCOC1)C1CCCC1O. The third-order valence-corrected chi connectivity index (χ3v) is 3.58. The summed E-state index contributed by atoms with van der Waals surface area (Å²) in [4.78, 5) is 2.33. The summed E-state index contributed by atoms with van der Waals surface area (Å²) in [5.74, 6) is 0.688. The molecule has 3 heteroatoms. The second-order valence-electron chi connectivity index (χ2n) is 4.73. The number of ether oxygens (including phenoxy) is 1. The summed E-state index contributed by atoms with van der Waals surface area (Å²) in [6.45, 7) is 2.92. The van der Waals surface area contributed by atoms with Gasteiger partial charge in [-0.05, 0) is 38.6 Å². The summed E-state index contributed by atoms with van der Waals surface area (Å²) in [5.41, 5.74) is 0. The van der Waals surface area contributed by atoms with Crippen LogP contribution in [0.3, 0.4) is 0 Å². The highest BCUT2D eigenvalue weighted by molar-refractivity contribution is 4.84. The Bertz CT molecular complexity index is 180. The molecule has 0 amide bonds. The fraction of sp³-hybridized carbons (Fsp3) is 1.00. The van der Waals surface area contributed by atoms with Gasteiger partial charge in [-0.25, -0.2) is 0 Å². The molecule has 0 aromatic heterocycles. The molecule has 0 radical (unpaired) electrons. The molecule has 2 fully saturated rings. The predicted molar refractivity (Wildman–Crippen MR) is 55.2 cm³/mol. The van der Waals surface area contributed by atoms with Gasteiger partial charge in [-0.15, -0.1) is 0 Å². The van der Waals surface area contributed by atoms with Crippen molar-refractivity contribution < 1.29 is 9.84 Å². The van der Waals surface area contributed by atoms with E-state index in [2.05, 4.69) is 11.9 Å². The van der Waals surface area contributed by atoms with Gasteiger partial charge in [0.25, 0.3) is 0 Å². The summed E-state index contributed by atoms with van der Waals surface area (Å²) in [6.07, 6.45) is 4.41. The van der Waals surface area contributed by atoms with Crippen LogP contribution in [0.1, 0.15) is 25.7 Å². The third kappa shape index (κ3) is 2.27. The first-order chi connectivity index (χ1) is 6.77. The van der Waals surface area contributed by atoms with Crippen molar-refractivity contribution in [2.75, 3.05) is 26.8 Å². The molecule has 1 aliphatic carbocycles. The minimum absolute atomic E-state index is 0.0951. The van der Waals surface area contributed by atoms with E-state index >= 15 is 0 Å². The number of aliphatic hydroxyl groups is 1. The van der Waals surface area contributed by atoms with Crippen molar-refractivity contribution in [3.8, 4) is 0 Å². The molecule has 1 saturated heterocycles. The molecule has 0 spiro atoms. The summed E-state index contributed by atoms with van der Waals surface area (Å²) in [7, 11) is 2.14. The van der Waals surface area contributed by atoms with Crippen molar-refractivity contribution >= 4 is 0 Å². The second-order valence-corrected chi connectivity index (χ2v) is 4.73. The van der Waals surface area contributed by atoms with Crippen molar-refractivity contribution in [1.29, 1.82) is 0 Å². The Morgan fingerprint density at radius 1 is 1.36 bits per heavy atom. The maximum absolute atomic E-state index is 9.76. The summed E-state index contributed by atoms with van der Waals surface area (Å²) in [5, 5.41) is 9.76. The fourth-order valence-corrected chi connectivity index (χ4v) is 2.71. The van der Waals surface area contributed by atoms with E-state index in [4.69, 9.17) is 4.74 Å². The van der Waals surface area contributed by atoms with Crippen molar-refractivity contribution in [3.63, 3.8) is 0 Å². The summed E-state index contributed by atoms with van der Waals surface area (Å²) >= 11 is 0. The maximum Gasteiger partial charge on any atom is 0.0695 e. The average molecular weight is 199 g/mol. The first-order valence-corrected chi connectivity index (χ1v) is 5.73. The molecule has 1 saturated carbocycles. The molecule has 3 unspecified atom stereocenters. The normalized spacial score (nSPS) is 38.4. The first-order valence-electron chi connectivity index (χ1n) is 5.73. The van der Waals surface area contributed by atoms with E-state index in [-0.39, 0.29) is 6.10 Å². The molecule has 1 N–H and O–H groups in total. The maximum atomic E-state index is 9.76. The van der Waals surface area contributed by atoms with Gasteiger partial charge in [0.2, 0.25) is 0 Å². The lowest BCUT2D eigenvalue weighted by Crippen LogP contribution is -2.40.